The Morgan fingerprint density at radius 3 is 2.36 bits per heavy atom. The van der Waals surface area contributed by atoms with Gasteiger partial charge >= 0.3 is 0 Å². The van der Waals surface area contributed by atoms with E-state index in [9.17, 15) is 14.4 Å². The minimum Gasteiger partial charge on any atom is -0.300 e. The first-order valence-corrected chi connectivity index (χ1v) is 10.2. The molecule has 25 heavy (non-hydrogen) atoms. The number of hydrogen-bond donors (Lipinski definition) is 0. The number of rotatable bonds is 1. The van der Waals surface area contributed by atoms with Gasteiger partial charge in [-0.3, -0.25) is 14.4 Å². The van der Waals surface area contributed by atoms with Crippen LogP contribution in [-0.2, 0) is 14.4 Å². The highest BCUT2D eigenvalue weighted by atomic mass is 16.1. The Bertz CT molecular complexity index is 652. The van der Waals surface area contributed by atoms with Crippen molar-refractivity contribution in [1.29, 1.82) is 0 Å². The van der Waals surface area contributed by atoms with Gasteiger partial charge in [-0.1, -0.05) is 20.8 Å². The lowest BCUT2D eigenvalue weighted by Gasteiger charge is -2.64. The largest absolute Gasteiger partial charge is 0.300 e. The van der Waals surface area contributed by atoms with E-state index in [0.29, 0.717) is 42.7 Å². The maximum Gasteiger partial charge on any atom is 0.137 e. The second-order valence-corrected chi connectivity index (χ2v) is 10.4. The van der Waals surface area contributed by atoms with Crippen LogP contribution < -0.4 is 0 Å². The van der Waals surface area contributed by atoms with Crippen molar-refractivity contribution >= 4 is 17.3 Å². The van der Waals surface area contributed by atoms with Crippen LogP contribution in [0.1, 0.15) is 79.1 Å². The number of carbonyl (C=O) groups excluding carboxylic acids is 3. The van der Waals surface area contributed by atoms with E-state index in [1.54, 1.807) is 6.92 Å². The predicted octanol–water partition coefficient (Wildman–Crippen LogP) is 4.37. The quantitative estimate of drug-likeness (QED) is 0.709. The van der Waals surface area contributed by atoms with Crippen LogP contribution in [0.3, 0.4) is 0 Å². The molecule has 7 atom stereocenters. The molecule has 4 aliphatic carbocycles. The molecule has 138 valence electrons. The van der Waals surface area contributed by atoms with Gasteiger partial charge in [0.05, 0.1) is 0 Å². The molecule has 0 radical (unpaired) electrons. The Morgan fingerprint density at radius 1 is 0.960 bits per heavy atom. The first-order valence-electron chi connectivity index (χ1n) is 10.2. The monoisotopic (exact) mass is 344 g/mol. The van der Waals surface area contributed by atoms with Crippen molar-refractivity contribution in [2.24, 2.45) is 39.9 Å². The summed E-state index contributed by atoms with van der Waals surface area (Å²) in [6.45, 7) is 8.57. The zero-order chi connectivity index (χ0) is 18.2. The highest BCUT2D eigenvalue weighted by Gasteiger charge is 2.68. The second kappa shape index (κ2) is 5.27. The van der Waals surface area contributed by atoms with E-state index in [0.717, 1.165) is 32.1 Å². The average molecular weight is 344 g/mol. The summed E-state index contributed by atoms with van der Waals surface area (Å²) in [6, 6.07) is 0. The van der Waals surface area contributed by atoms with E-state index >= 15 is 0 Å². The highest BCUT2D eigenvalue weighted by Crippen LogP contribution is 2.71. The Balaban J connectivity index is 1.76. The van der Waals surface area contributed by atoms with Gasteiger partial charge in [0.15, 0.2) is 0 Å². The summed E-state index contributed by atoms with van der Waals surface area (Å²) in [5, 5.41) is 0. The molecule has 0 N–H and O–H groups in total. The highest BCUT2D eigenvalue weighted by molar-refractivity contribution is 5.88. The Kier molecular flexibility index (Phi) is 3.67. The molecule has 0 saturated heterocycles. The lowest BCUT2D eigenvalue weighted by Crippen LogP contribution is -2.62. The molecular formula is C22H32O3. The summed E-state index contributed by atoms with van der Waals surface area (Å²) in [5.74, 6) is 2.01. The zero-order valence-corrected chi connectivity index (χ0v) is 16.2. The molecule has 3 heteroatoms. The number of ketones is 3. The summed E-state index contributed by atoms with van der Waals surface area (Å²) in [7, 11) is 0. The zero-order valence-electron chi connectivity index (χ0n) is 16.2. The molecule has 0 bridgehead atoms. The normalized spacial score (nSPS) is 52.3. The van der Waals surface area contributed by atoms with Gasteiger partial charge in [-0.05, 0) is 67.1 Å². The predicted molar refractivity (Wildman–Crippen MR) is 95.9 cm³/mol. The topological polar surface area (TPSA) is 51.2 Å². The number of fused-ring (bicyclic) bond motifs is 5. The van der Waals surface area contributed by atoms with Gasteiger partial charge in [0.1, 0.15) is 17.3 Å². The molecule has 4 aliphatic rings. The van der Waals surface area contributed by atoms with Gasteiger partial charge in [0.2, 0.25) is 0 Å². The van der Waals surface area contributed by atoms with Crippen LogP contribution in [0.2, 0.25) is 0 Å². The summed E-state index contributed by atoms with van der Waals surface area (Å²) < 4.78 is 0. The van der Waals surface area contributed by atoms with Gasteiger partial charge in [-0.2, -0.15) is 0 Å². The Labute approximate surface area is 151 Å². The lowest BCUT2D eigenvalue weighted by atomic mass is 9.39. The van der Waals surface area contributed by atoms with Crippen LogP contribution in [0.15, 0.2) is 0 Å². The molecular weight excluding hydrogens is 312 g/mol. The van der Waals surface area contributed by atoms with Crippen LogP contribution in [-0.4, -0.2) is 17.3 Å². The van der Waals surface area contributed by atoms with E-state index < -0.39 is 0 Å². The van der Waals surface area contributed by atoms with E-state index in [4.69, 9.17) is 0 Å². The Hall–Kier alpha value is -0.990. The van der Waals surface area contributed by atoms with Crippen molar-refractivity contribution < 1.29 is 14.4 Å². The third kappa shape index (κ3) is 2.13. The molecule has 0 spiro atoms. The van der Waals surface area contributed by atoms with Crippen molar-refractivity contribution in [3.63, 3.8) is 0 Å². The van der Waals surface area contributed by atoms with Crippen LogP contribution in [0, 0.1) is 39.9 Å². The smallest absolute Gasteiger partial charge is 0.137 e. The Morgan fingerprint density at radius 2 is 1.68 bits per heavy atom. The molecule has 4 saturated carbocycles. The fraction of sp³-hybridized carbons (Fsp3) is 0.864. The van der Waals surface area contributed by atoms with E-state index in [1.807, 2.05) is 0 Å². The minimum atomic E-state index is -0.151. The van der Waals surface area contributed by atoms with E-state index in [2.05, 4.69) is 20.8 Å². The van der Waals surface area contributed by atoms with E-state index in [-0.39, 0.29) is 33.9 Å². The maximum atomic E-state index is 13.5. The fourth-order valence-electron chi connectivity index (χ4n) is 8.24. The van der Waals surface area contributed by atoms with Gasteiger partial charge in [-0.25, -0.2) is 0 Å². The van der Waals surface area contributed by atoms with Crippen molar-refractivity contribution in [1.82, 2.24) is 0 Å². The van der Waals surface area contributed by atoms with Crippen LogP contribution in [0.5, 0.6) is 0 Å². The second-order valence-electron chi connectivity index (χ2n) is 10.4. The van der Waals surface area contributed by atoms with Crippen LogP contribution in [0.25, 0.3) is 0 Å². The standard InChI is InChI=1S/C22H32O3/c1-13(23)16-5-6-18-21(3)9-7-14-11-15(24)8-10-20(14,2)19(21)17(25)12-22(16,18)4/h14,16,18-19H,5-12H2,1-4H3/t14-,16+,18-,19-,20-,21-,22+/m0/s1. The molecule has 0 amide bonds. The molecule has 0 aromatic heterocycles. The van der Waals surface area contributed by atoms with Crippen LogP contribution in [0.4, 0.5) is 0 Å². The van der Waals surface area contributed by atoms with Gasteiger partial charge in [0, 0.05) is 31.1 Å². The minimum absolute atomic E-state index is 0.0000784. The summed E-state index contributed by atoms with van der Waals surface area (Å²) in [6.07, 6.45) is 6.91. The lowest BCUT2D eigenvalue weighted by molar-refractivity contribution is -0.180. The molecule has 0 aromatic rings. The van der Waals surface area contributed by atoms with Crippen molar-refractivity contribution in [3.8, 4) is 0 Å². The third-order valence-electron chi connectivity index (χ3n) is 9.20. The molecule has 0 aromatic carbocycles. The molecule has 0 unspecified atom stereocenters. The van der Waals surface area contributed by atoms with Gasteiger partial charge < -0.3 is 0 Å². The SMILES string of the molecule is CC(=O)[C@H]1CC[C@H]2[C@]3(C)CC[C@H]4CC(=O)CC[C@]4(C)[C@@H]3C(=O)C[C@@]21C. The molecule has 0 heterocycles. The molecule has 4 fully saturated rings. The number of hydrogen-bond acceptors (Lipinski definition) is 3. The molecule has 4 rings (SSSR count). The van der Waals surface area contributed by atoms with Crippen molar-refractivity contribution in [3.05, 3.63) is 0 Å². The summed E-state index contributed by atoms with van der Waals surface area (Å²) >= 11 is 0. The third-order valence-corrected chi connectivity index (χ3v) is 9.20. The van der Waals surface area contributed by atoms with Gasteiger partial charge in [-0.15, -0.1) is 0 Å². The summed E-state index contributed by atoms with van der Waals surface area (Å²) in [5.41, 5.74) is -0.171. The number of Topliss-reactive ketones (excluding diaryl/α,β-unsaturated/α-hetero) is 3. The van der Waals surface area contributed by atoms with E-state index in [1.165, 1.54) is 0 Å². The first-order chi connectivity index (χ1) is 11.6. The number of carbonyl (C=O) groups is 3. The molecule has 0 aliphatic heterocycles. The summed E-state index contributed by atoms with van der Waals surface area (Å²) in [4.78, 5) is 37.8. The first kappa shape index (κ1) is 17.4. The van der Waals surface area contributed by atoms with Crippen molar-refractivity contribution in [2.45, 2.75) is 79.1 Å². The fourth-order valence-corrected chi connectivity index (χ4v) is 8.24. The maximum absolute atomic E-state index is 13.5. The average Bonchev–Trinajstić information content (AvgIpc) is 2.85. The molecule has 3 nitrogen and oxygen atoms in total. The van der Waals surface area contributed by atoms with Gasteiger partial charge in [0.25, 0.3) is 0 Å². The van der Waals surface area contributed by atoms with Crippen LogP contribution >= 0.6 is 0 Å². The van der Waals surface area contributed by atoms with Crippen molar-refractivity contribution in [2.75, 3.05) is 0 Å².